The van der Waals surface area contributed by atoms with Crippen molar-refractivity contribution in [1.29, 1.82) is 5.41 Å². The topological polar surface area (TPSA) is 82.4 Å². The van der Waals surface area contributed by atoms with E-state index in [0.29, 0.717) is 15.4 Å². The summed E-state index contributed by atoms with van der Waals surface area (Å²) in [5.74, 6) is -0.214. The first-order chi connectivity index (χ1) is 7.08. The lowest BCUT2D eigenvalue weighted by molar-refractivity contribution is -0.114. The number of amides is 1. The summed E-state index contributed by atoms with van der Waals surface area (Å²) >= 11 is 1.20. The zero-order chi connectivity index (χ0) is 11.4. The highest BCUT2D eigenvalue weighted by molar-refractivity contribution is 7.14. The Morgan fingerprint density at radius 3 is 2.93 bits per heavy atom. The van der Waals surface area contributed by atoms with Crippen molar-refractivity contribution < 1.29 is 14.6 Å². The third-order valence-electron chi connectivity index (χ3n) is 1.69. The number of hydrogen-bond donors (Lipinski definition) is 3. The highest BCUT2D eigenvalue weighted by Crippen LogP contribution is 2.30. The molecule has 5 nitrogen and oxygen atoms in total. The van der Waals surface area contributed by atoms with E-state index in [1.54, 1.807) is 6.07 Å². The van der Waals surface area contributed by atoms with E-state index >= 15 is 0 Å². The number of methoxy groups -OCH3 is 1. The van der Waals surface area contributed by atoms with Crippen molar-refractivity contribution in [3.05, 3.63) is 15.8 Å². The largest absolute Gasteiger partial charge is 0.364 e. The first kappa shape index (κ1) is 11.8. The Kier molecular flexibility index (Phi) is 3.96. The SMILES string of the molecule is COC(O)c1cc(NC(C)=O)c(C=N)s1. The van der Waals surface area contributed by atoms with E-state index in [2.05, 4.69) is 5.32 Å². The van der Waals surface area contributed by atoms with Gasteiger partial charge in [0.25, 0.3) is 0 Å². The highest BCUT2D eigenvalue weighted by atomic mass is 32.1. The van der Waals surface area contributed by atoms with Crippen LogP contribution in [0.5, 0.6) is 0 Å². The summed E-state index contributed by atoms with van der Waals surface area (Å²) in [6.45, 7) is 1.39. The van der Waals surface area contributed by atoms with Crippen LogP contribution in [0.15, 0.2) is 6.07 Å². The molecule has 0 aromatic carbocycles. The Morgan fingerprint density at radius 2 is 2.47 bits per heavy atom. The molecular weight excluding hydrogens is 216 g/mol. The molecule has 1 unspecified atom stereocenters. The van der Waals surface area contributed by atoms with Gasteiger partial charge in [0.15, 0.2) is 6.29 Å². The van der Waals surface area contributed by atoms with Crippen LogP contribution < -0.4 is 5.32 Å². The lowest BCUT2D eigenvalue weighted by Gasteiger charge is -2.03. The van der Waals surface area contributed by atoms with Crippen LogP contribution in [0.4, 0.5) is 5.69 Å². The Balaban J connectivity index is 2.99. The maximum absolute atomic E-state index is 10.9. The van der Waals surface area contributed by atoms with Crippen LogP contribution in [-0.2, 0) is 9.53 Å². The third-order valence-corrected chi connectivity index (χ3v) is 2.80. The van der Waals surface area contributed by atoms with Crippen molar-refractivity contribution in [2.24, 2.45) is 0 Å². The molecule has 0 aliphatic carbocycles. The smallest absolute Gasteiger partial charge is 0.221 e. The van der Waals surface area contributed by atoms with Gasteiger partial charge in [0, 0.05) is 20.2 Å². The molecule has 3 N–H and O–H groups in total. The van der Waals surface area contributed by atoms with Crippen LogP contribution in [-0.4, -0.2) is 24.3 Å². The van der Waals surface area contributed by atoms with Gasteiger partial charge in [-0.25, -0.2) is 0 Å². The maximum atomic E-state index is 10.9. The van der Waals surface area contributed by atoms with Crippen molar-refractivity contribution in [1.82, 2.24) is 0 Å². The molecule has 82 valence electrons. The minimum absolute atomic E-state index is 0.214. The molecule has 0 aliphatic heterocycles. The average molecular weight is 228 g/mol. The summed E-state index contributed by atoms with van der Waals surface area (Å²) < 4.78 is 4.73. The summed E-state index contributed by atoms with van der Waals surface area (Å²) in [6, 6.07) is 1.60. The Hall–Kier alpha value is -1.24. The van der Waals surface area contributed by atoms with Crippen LogP contribution in [0.1, 0.15) is 23.0 Å². The van der Waals surface area contributed by atoms with Crippen molar-refractivity contribution in [2.45, 2.75) is 13.2 Å². The monoisotopic (exact) mass is 228 g/mol. The summed E-state index contributed by atoms with van der Waals surface area (Å²) in [4.78, 5) is 12.0. The molecule has 0 saturated carbocycles. The molecule has 0 spiro atoms. The molecule has 1 amide bonds. The average Bonchev–Trinajstić information content (AvgIpc) is 2.59. The van der Waals surface area contributed by atoms with E-state index < -0.39 is 6.29 Å². The van der Waals surface area contributed by atoms with Crippen LogP contribution in [0.2, 0.25) is 0 Å². The maximum Gasteiger partial charge on any atom is 0.221 e. The van der Waals surface area contributed by atoms with Gasteiger partial charge in [0.2, 0.25) is 5.91 Å². The van der Waals surface area contributed by atoms with Crippen molar-refractivity contribution in [3.63, 3.8) is 0 Å². The molecule has 0 radical (unpaired) electrons. The van der Waals surface area contributed by atoms with E-state index in [-0.39, 0.29) is 5.91 Å². The number of aliphatic hydroxyl groups is 1. The van der Waals surface area contributed by atoms with E-state index in [0.717, 1.165) is 6.21 Å². The fraction of sp³-hybridized carbons (Fsp3) is 0.333. The Bertz CT molecular complexity index is 375. The first-order valence-electron chi connectivity index (χ1n) is 4.21. The summed E-state index contributed by atoms with van der Waals surface area (Å²) in [5.41, 5.74) is 0.522. The lowest BCUT2D eigenvalue weighted by atomic mass is 10.3. The molecule has 0 fully saturated rings. The van der Waals surface area contributed by atoms with Crippen LogP contribution in [0.25, 0.3) is 0 Å². The van der Waals surface area contributed by atoms with Gasteiger partial charge in [0.1, 0.15) is 0 Å². The molecular formula is C9H12N2O3S. The summed E-state index contributed by atoms with van der Waals surface area (Å²) in [6.07, 6.45) is 0.109. The van der Waals surface area contributed by atoms with Crippen LogP contribution in [0, 0.1) is 5.41 Å². The quantitative estimate of drug-likeness (QED) is 0.537. The van der Waals surface area contributed by atoms with Gasteiger partial charge in [0.05, 0.1) is 15.4 Å². The number of hydrogen-bond acceptors (Lipinski definition) is 5. The molecule has 1 atom stereocenters. The minimum atomic E-state index is -1.02. The number of aliphatic hydroxyl groups excluding tert-OH is 1. The molecule has 0 bridgehead atoms. The van der Waals surface area contributed by atoms with E-state index in [1.807, 2.05) is 0 Å². The van der Waals surface area contributed by atoms with Gasteiger partial charge in [-0.1, -0.05) is 0 Å². The minimum Gasteiger partial charge on any atom is -0.364 e. The van der Waals surface area contributed by atoms with Gasteiger partial charge < -0.3 is 20.6 Å². The first-order valence-corrected chi connectivity index (χ1v) is 5.02. The molecule has 1 heterocycles. The Morgan fingerprint density at radius 1 is 1.80 bits per heavy atom. The van der Waals surface area contributed by atoms with E-state index in [4.69, 9.17) is 10.1 Å². The molecule has 15 heavy (non-hydrogen) atoms. The van der Waals surface area contributed by atoms with Crippen LogP contribution >= 0.6 is 11.3 Å². The summed E-state index contributed by atoms with van der Waals surface area (Å²) in [7, 11) is 1.38. The number of carbonyl (C=O) groups excluding carboxylic acids is 1. The zero-order valence-corrected chi connectivity index (χ0v) is 9.22. The van der Waals surface area contributed by atoms with E-state index in [1.165, 1.54) is 25.4 Å². The van der Waals surface area contributed by atoms with Gasteiger partial charge >= 0.3 is 0 Å². The van der Waals surface area contributed by atoms with Crippen molar-refractivity contribution >= 4 is 29.1 Å². The van der Waals surface area contributed by atoms with Gasteiger partial charge in [-0.2, -0.15) is 0 Å². The van der Waals surface area contributed by atoms with Crippen molar-refractivity contribution in [2.75, 3.05) is 12.4 Å². The number of carbonyl (C=O) groups is 1. The normalized spacial score (nSPS) is 12.2. The number of nitrogens with one attached hydrogen (secondary N) is 2. The predicted octanol–water partition coefficient (Wildman–Crippen LogP) is 1.34. The highest BCUT2D eigenvalue weighted by Gasteiger charge is 2.14. The number of rotatable bonds is 4. The second-order valence-corrected chi connectivity index (χ2v) is 3.96. The number of thiophene rings is 1. The summed E-state index contributed by atoms with van der Waals surface area (Å²) in [5, 5.41) is 19.1. The van der Waals surface area contributed by atoms with Crippen molar-refractivity contribution in [3.8, 4) is 0 Å². The number of anilines is 1. The molecule has 1 aromatic heterocycles. The predicted molar refractivity (Wildman–Crippen MR) is 58.5 cm³/mol. The van der Waals surface area contributed by atoms with E-state index in [9.17, 15) is 9.90 Å². The van der Waals surface area contributed by atoms with Crippen LogP contribution in [0.3, 0.4) is 0 Å². The second kappa shape index (κ2) is 5.01. The second-order valence-electron chi connectivity index (χ2n) is 2.84. The Labute approximate surface area is 91.2 Å². The lowest BCUT2D eigenvalue weighted by Crippen LogP contribution is -2.06. The number of ether oxygens (including phenoxy) is 1. The fourth-order valence-electron chi connectivity index (χ4n) is 1.06. The van der Waals surface area contributed by atoms with Gasteiger partial charge in [-0.3, -0.25) is 4.79 Å². The fourth-order valence-corrected chi connectivity index (χ4v) is 1.96. The van der Waals surface area contributed by atoms with Gasteiger partial charge in [-0.05, 0) is 6.07 Å². The molecule has 0 aliphatic rings. The third kappa shape index (κ3) is 2.85. The molecule has 1 aromatic rings. The molecule has 1 rings (SSSR count). The molecule has 6 heteroatoms. The van der Waals surface area contributed by atoms with Gasteiger partial charge in [-0.15, -0.1) is 11.3 Å². The zero-order valence-electron chi connectivity index (χ0n) is 8.40. The standard InChI is InChI=1S/C9H12N2O3S/c1-5(12)11-6-3-7(9(13)14-2)15-8(6)4-10/h3-4,9-10,13H,1-2H3,(H,11,12). The molecule has 0 saturated heterocycles.